The van der Waals surface area contributed by atoms with Crippen molar-refractivity contribution in [1.82, 2.24) is 20.5 Å². The van der Waals surface area contributed by atoms with Crippen molar-refractivity contribution in [3.63, 3.8) is 0 Å². The Balaban J connectivity index is 1.14. The summed E-state index contributed by atoms with van der Waals surface area (Å²) in [7, 11) is 0. The van der Waals surface area contributed by atoms with Gasteiger partial charge in [0.15, 0.2) is 0 Å². The Bertz CT molecular complexity index is 1050. The summed E-state index contributed by atoms with van der Waals surface area (Å²) in [5, 5.41) is 5.25. The van der Waals surface area contributed by atoms with E-state index < -0.39 is 17.6 Å². The minimum absolute atomic E-state index is 0.00146. The molecule has 1 aromatic carbocycles. The van der Waals surface area contributed by atoms with Crippen molar-refractivity contribution in [3.05, 3.63) is 59.3 Å². The highest BCUT2D eigenvalue weighted by atomic mass is 19.4. The van der Waals surface area contributed by atoms with Crippen LogP contribution in [0.2, 0.25) is 0 Å². The quantitative estimate of drug-likeness (QED) is 0.622. The Kier molecular flexibility index (Phi) is 7.59. The van der Waals surface area contributed by atoms with Crippen LogP contribution >= 0.6 is 0 Å². The number of hydrogen-bond donors (Lipinski definition) is 2. The van der Waals surface area contributed by atoms with E-state index in [4.69, 9.17) is 4.74 Å². The molecule has 1 saturated carbocycles. The molecule has 2 fully saturated rings. The number of nitrogens with zero attached hydrogens (tertiary/aromatic N) is 2. The van der Waals surface area contributed by atoms with E-state index in [1.54, 1.807) is 6.20 Å². The predicted octanol–water partition coefficient (Wildman–Crippen LogP) is 3.33. The SMILES string of the molecule is Cc1ccnc(O[C@H]2CC[C@@H](N3CC(NC(=O)CNC(=O)c4cccc(C(F)(F)F)c4)C3)CC2)c1. The highest BCUT2D eigenvalue weighted by Crippen LogP contribution is 2.30. The Labute approximate surface area is 202 Å². The Morgan fingerprint density at radius 3 is 2.54 bits per heavy atom. The molecule has 0 unspecified atom stereocenters. The van der Waals surface area contributed by atoms with E-state index in [0.717, 1.165) is 56.5 Å². The molecular formula is C25H29F3N4O3. The predicted molar refractivity (Wildman–Crippen MR) is 123 cm³/mol. The summed E-state index contributed by atoms with van der Waals surface area (Å²) in [6.45, 7) is 3.20. The summed E-state index contributed by atoms with van der Waals surface area (Å²) < 4.78 is 44.5. The number of nitrogens with one attached hydrogen (secondary N) is 2. The number of carbonyl (C=O) groups is 2. The summed E-state index contributed by atoms with van der Waals surface area (Å²) >= 11 is 0. The van der Waals surface area contributed by atoms with Crippen LogP contribution in [0.4, 0.5) is 13.2 Å². The number of aryl methyl sites for hydroxylation is 1. The van der Waals surface area contributed by atoms with E-state index in [-0.39, 0.29) is 30.2 Å². The first-order valence-electron chi connectivity index (χ1n) is 11.8. The fourth-order valence-corrected chi connectivity index (χ4v) is 4.55. The van der Waals surface area contributed by atoms with Gasteiger partial charge in [-0.3, -0.25) is 14.5 Å². The third-order valence-electron chi connectivity index (χ3n) is 6.47. The van der Waals surface area contributed by atoms with Crippen LogP contribution < -0.4 is 15.4 Å². The second kappa shape index (κ2) is 10.6. The lowest BCUT2D eigenvalue weighted by Crippen LogP contribution is -2.63. The van der Waals surface area contributed by atoms with Gasteiger partial charge in [0.2, 0.25) is 11.8 Å². The van der Waals surface area contributed by atoms with Gasteiger partial charge in [-0.1, -0.05) is 6.07 Å². The average molecular weight is 491 g/mol. The summed E-state index contributed by atoms with van der Waals surface area (Å²) in [5.74, 6) is -0.417. The van der Waals surface area contributed by atoms with Gasteiger partial charge in [-0.2, -0.15) is 13.2 Å². The third kappa shape index (κ3) is 6.72. The van der Waals surface area contributed by atoms with Gasteiger partial charge < -0.3 is 15.4 Å². The van der Waals surface area contributed by atoms with E-state index in [0.29, 0.717) is 11.9 Å². The number of alkyl halides is 3. The maximum Gasteiger partial charge on any atom is 0.416 e. The zero-order chi connectivity index (χ0) is 25.0. The molecule has 2 aliphatic rings. The highest BCUT2D eigenvalue weighted by Gasteiger charge is 2.36. The van der Waals surface area contributed by atoms with Gasteiger partial charge in [-0.25, -0.2) is 4.98 Å². The number of pyridine rings is 1. The summed E-state index contributed by atoms with van der Waals surface area (Å²) in [6.07, 6.45) is 1.33. The number of rotatable bonds is 7. The molecule has 4 rings (SSSR count). The first-order chi connectivity index (χ1) is 16.7. The summed E-state index contributed by atoms with van der Waals surface area (Å²) in [4.78, 5) is 30.9. The fraction of sp³-hybridized carbons (Fsp3) is 0.480. The number of carbonyl (C=O) groups excluding carboxylic acids is 2. The molecule has 0 radical (unpaired) electrons. The molecule has 1 aliphatic heterocycles. The van der Waals surface area contributed by atoms with Crippen LogP contribution in [0, 0.1) is 6.92 Å². The Morgan fingerprint density at radius 1 is 1.11 bits per heavy atom. The zero-order valence-electron chi connectivity index (χ0n) is 19.5. The first kappa shape index (κ1) is 25.0. The molecule has 0 atom stereocenters. The van der Waals surface area contributed by atoms with Gasteiger partial charge in [-0.15, -0.1) is 0 Å². The maximum absolute atomic E-state index is 12.8. The van der Waals surface area contributed by atoms with Crippen LogP contribution in [0.15, 0.2) is 42.6 Å². The number of likely N-dealkylation sites (tertiary alicyclic amines) is 1. The zero-order valence-corrected chi connectivity index (χ0v) is 19.5. The maximum atomic E-state index is 12.8. The van der Waals surface area contributed by atoms with Crippen LogP contribution in [0.1, 0.15) is 47.2 Å². The summed E-state index contributed by atoms with van der Waals surface area (Å²) in [6, 6.07) is 8.45. The van der Waals surface area contributed by atoms with Crippen molar-refractivity contribution in [2.75, 3.05) is 19.6 Å². The van der Waals surface area contributed by atoms with E-state index in [9.17, 15) is 22.8 Å². The third-order valence-corrected chi connectivity index (χ3v) is 6.47. The second-order valence-electron chi connectivity index (χ2n) is 9.20. The number of benzene rings is 1. The van der Waals surface area contributed by atoms with Crippen LogP contribution in [0.3, 0.4) is 0 Å². The number of amides is 2. The van der Waals surface area contributed by atoms with Gasteiger partial charge in [0.25, 0.3) is 5.91 Å². The van der Waals surface area contributed by atoms with Gasteiger partial charge in [-0.05, 0) is 62.4 Å². The monoisotopic (exact) mass is 490 g/mol. The molecule has 2 heterocycles. The minimum atomic E-state index is -4.53. The standard InChI is InChI=1S/C25H29F3N4O3/c1-16-9-10-29-23(11-16)35-21-7-5-20(6-8-21)32-14-19(15-32)31-22(33)13-30-24(34)17-3-2-4-18(12-17)25(26,27)28/h2-4,9-12,19-21H,5-8,13-15H2,1H3,(H,30,34)(H,31,33)/t20-,21+. The molecule has 2 aromatic rings. The van der Waals surface area contributed by atoms with Crippen LogP contribution in [-0.2, 0) is 11.0 Å². The van der Waals surface area contributed by atoms with Crippen molar-refractivity contribution in [2.24, 2.45) is 0 Å². The molecule has 2 amide bonds. The smallest absolute Gasteiger partial charge is 0.416 e. The lowest BCUT2D eigenvalue weighted by molar-refractivity contribution is -0.137. The second-order valence-corrected chi connectivity index (χ2v) is 9.20. The van der Waals surface area contributed by atoms with Gasteiger partial charge in [0.05, 0.1) is 18.2 Å². The molecule has 1 aromatic heterocycles. The van der Waals surface area contributed by atoms with Crippen molar-refractivity contribution >= 4 is 11.8 Å². The lowest BCUT2D eigenvalue weighted by Gasteiger charge is -2.46. The lowest BCUT2D eigenvalue weighted by atomic mass is 9.89. The molecule has 1 aliphatic carbocycles. The molecule has 1 saturated heterocycles. The molecule has 188 valence electrons. The van der Waals surface area contributed by atoms with E-state index in [1.807, 2.05) is 19.1 Å². The number of halogens is 3. The Hall–Kier alpha value is -3.14. The van der Waals surface area contributed by atoms with Gasteiger partial charge in [0, 0.05) is 37.0 Å². The summed E-state index contributed by atoms with van der Waals surface area (Å²) in [5.41, 5.74) is 0.0735. The molecule has 0 bridgehead atoms. The van der Waals surface area contributed by atoms with Crippen molar-refractivity contribution in [1.29, 1.82) is 0 Å². The van der Waals surface area contributed by atoms with Crippen molar-refractivity contribution in [3.8, 4) is 5.88 Å². The van der Waals surface area contributed by atoms with Crippen molar-refractivity contribution < 1.29 is 27.5 Å². The molecule has 7 nitrogen and oxygen atoms in total. The fourth-order valence-electron chi connectivity index (χ4n) is 4.55. The van der Waals surface area contributed by atoms with Crippen LogP contribution in [0.5, 0.6) is 5.88 Å². The van der Waals surface area contributed by atoms with Crippen LogP contribution in [-0.4, -0.2) is 59.5 Å². The topological polar surface area (TPSA) is 83.6 Å². The number of aromatic nitrogens is 1. The normalized spacial score (nSPS) is 21.1. The average Bonchev–Trinajstić information content (AvgIpc) is 2.80. The number of hydrogen-bond acceptors (Lipinski definition) is 5. The molecular weight excluding hydrogens is 461 g/mol. The Morgan fingerprint density at radius 2 is 1.86 bits per heavy atom. The molecule has 35 heavy (non-hydrogen) atoms. The van der Waals surface area contributed by atoms with Crippen molar-refractivity contribution in [2.45, 2.75) is 57.0 Å². The first-order valence-corrected chi connectivity index (χ1v) is 11.8. The molecule has 0 spiro atoms. The van der Waals surface area contributed by atoms with Gasteiger partial charge in [0.1, 0.15) is 6.10 Å². The van der Waals surface area contributed by atoms with E-state index in [2.05, 4.69) is 20.5 Å². The number of ether oxygens (including phenoxy) is 1. The van der Waals surface area contributed by atoms with E-state index >= 15 is 0 Å². The largest absolute Gasteiger partial charge is 0.474 e. The molecule has 10 heteroatoms. The van der Waals surface area contributed by atoms with Crippen LogP contribution in [0.25, 0.3) is 0 Å². The van der Waals surface area contributed by atoms with E-state index in [1.165, 1.54) is 12.1 Å². The molecule has 2 N–H and O–H groups in total. The highest BCUT2D eigenvalue weighted by molar-refractivity contribution is 5.96. The minimum Gasteiger partial charge on any atom is -0.474 e. The van der Waals surface area contributed by atoms with Gasteiger partial charge >= 0.3 is 6.18 Å².